The summed E-state index contributed by atoms with van der Waals surface area (Å²) in [5, 5.41) is 3.23. The molecule has 0 spiro atoms. The maximum atomic E-state index is 5.86. The minimum Gasteiger partial charge on any atom is -0.368 e. The minimum atomic E-state index is 0.334. The van der Waals surface area contributed by atoms with Crippen LogP contribution in [0.15, 0.2) is 21.3 Å². The molecule has 2 N–H and O–H groups in total. The smallest absolute Gasteiger partial charge is 0.223 e. The molecule has 3 rings (SSSR count). The van der Waals surface area contributed by atoms with Crippen molar-refractivity contribution in [2.45, 2.75) is 19.9 Å². The van der Waals surface area contributed by atoms with E-state index in [1.165, 1.54) is 10.4 Å². The molecule has 0 saturated carbocycles. The second-order valence-corrected chi connectivity index (χ2v) is 8.21. The van der Waals surface area contributed by atoms with E-state index >= 15 is 0 Å². The molecule has 0 saturated heterocycles. The third kappa shape index (κ3) is 3.04. The molecule has 3 aromatic heterocycles. The largest absolute Gasteiger partial charge is 0.368 e. The van der Waals surface area contributed by atoms with Crippen LogP contribution in [0, 0.1) is 0 Å². The summed E-state index contributed by atoms with van der Waals surface area (Å²) in [6.07, 6.45) is 1.00. The Bertz CT molecular complexity index is 780. The Labute approximate surface area is 139 Å². The summed E-state index contributed by atoms with van der Waals surface area (Å²) in [5.41, 5.74) is 7.12. The standard InChI is InChI=1S/C14H15BrN4S2/c1-3-9-5-10-12(17-14(16)18-13(10)21-9)19(2)6-8-4-11(15)20-7-8/h4-5,7H,3,6H2,1-2H3,(H2,16,17,18). The molecule has 110 valence electrons. The molecule has 0 radical (unpaired) electrons. The van der Waals surface area contributed by atoms with E-state index in [0.717, 1.165) is 32.8 Å². The van der Waals surface area contributed by atoms with Gasteiger partial charge < -0.3 is 10.6 Å². The van der Waals surface area contributed by atoms with Crippen molar-refractivity contribution in [2.24, 2.45) is 0 Å². The highest BCUT2D eigenvalue weighted by molar-refractivity contribution is 9.11. The van der Waals surface area contributed by atoms with E-state index in [9.17, 15) is 0 Å². The minimum absolute atomic E-state index is 0.334. The first-order valence-electron chi connectivity index (χ1n) is 6.56. The van der Waals surface area contributed by atoms with Crippen LogP contribution in [-0.4, -0.2) is 17.0 Å². The Morgan fingerprint density at radius 3 is 2.81 bits per heavy atom. The fourth-order valence-corrected chi connectivity index (χ4v) is 4.38. The maximum absolute atomic E-state index is 5.86. The van der Waals surface area contributed by atoms with Crippen LogP contribution in [0.25, 0.3) is 10.2 Å². The Kier molecular flexibility index (Phi) is 4.14. The molecule has 3 heterocycles. The predicted octanol–water partition coefficient (Wildman–Crippen LogP) is 4.30. The third-order valence-corrected chi connectivity index (χ3v) is 5.92. The molecule has 0 amide bonds. The zero-order valence-electron chi connectivity index (χ0n) is 11.8. The van der Waals surface area contributed by atoms with Gasteiger partial charge >= 0.3 is 0 Å². The fourth-order valence-electron chi connectivity index (χ4n) is 2.21. The molecule has 0 fully saturated rings. The van der Waals surface area contributed by atoms with Gasteiger partial charge in [-0.15, -0.1) is 22.7 Å². The average Bonchev–Trinajstić information content (AvgIpc) is 3.03. The highest BCUT2D eigenvalue weighted by Gasteiger charge is 2.14. The number of halogens is 1. The number of thiophene rings is 2. The van der Waals surface area contributed by atoms with Gasteiger partial charge in [0.25, 0.3) is 0 Å². The van der Waals surface area contributed by atoms with Crippen molar-refractivity contribution in [1.29, 1.82) is 0 Å². The SMILES string of the molecule is CCc1cc2c(N(C)Cc3csc(Br)c3)nc(N)nc2s1. The van der Waals surface area contributed by atoms with Crippen LogP contribution in [0.1, 0.15) is 17.4 Å². The Balaban J connectivity index is 1.99. The van der Waals surface area contributed by atoms with Gasteiger partial charge in [-0.05, 0) is 45.4 Å². The van der Waals surface area contributed by atoms with E-state index in [0.29, 0.717) is 5.95 Å². The van der Waals surface area contributed by atoms with Gasteiger partial charge in [0.1, 0.15) is 10.6 Å². The molecule has 0 aliphatic rings. The van der Waals surface area contributed by atoms with Crippen molar-refractivity contribution in [2.75, 3.05) is 17.7 Å². The van der Waals surface area contributed by atoms with Crippen LogP contribution in [0.5, 0.6) is 0 Å². The quantitative estimate of drug-likeness (QED) is 0.730. The molecular formula is C14H15BrN4S2. The van der Waals surface area contributed by atoms with Gasteiger partial charge in [-0.25, -0.2) is 4.98 Å². The summed E-state index contributed by atoms with van der Waals surface area (Å²) in [6.45, 7) is 2.94. The molecule has 0 bridgehead atoms. The second kappa shape index (κ2) is 5.90. The topological polar surface area (TPSA) is 55.0 Å². The van der Waals surface area contributed by atoms with Crippen molar-refractivity contribution < 1.29 is 0 Å². The molecule has 7 heteroatoms. The lowest BCUT2D eigenvalue weighted by molar-refractivity contribution is 0.906. The number of nitrogens with zero attached hydrogens (tertiary/aromatic N) is 3. The van der Waals surface area contributed by atoms with Gasteiger partial charge in [0.05, 0.1) is 9.17 Å². The number of rotatable bonds is 4. The first-order chi connectivity index (χ1) is 10.1. The molecule has 0 aliphatic heterocycles. The number of fused-ring (bicyclic) bond motifs is 1. The van der Waals surface area contributed by atoms with Crippen LogP contribution in [0.2, 0.25) is 0 Å². The lowest BCUT2D eigenvalue weighted by Gasteiger charge is -2.18. The maximum Gasteiger partial charge on any atom is 0.223 e. The van der Waals surface area contributed by atoms with Gasteiger partial charge in [0, 0.05) is 18.5 Å². The number of aromatic nitrogens is 2. The normalized spacial score (nSPS) is 11.2. The number of hydrogen-bond acceptors (Lipinski definition) is 6. The summed E-state index contributed by atoms with van der Waals surface area (Å²) in [7, 11) is 2.04. The molecule has 0 aliphatic carbocycles. The van der Waals surface area contributed by atoms with Gasteiger partial charge in [0.15, 0.2) is 0 Å². The molecule has 0 aromatic carbocycles. The monoisotopic (exact) mass is 382 g/mol. The van der Waals surface area contributed by atoms with Crippen LogP contribution >= 0.6 is 38.6 Å². The fraction of sp³-hybridized carbons (Fsp3) is 0.286. The molecular weight excluding hydrogens is 368 g/mol. The Morgan fingerprint density at radius 1 is 1.33 bits per heavy atom. The van der Waals surface area contributed by atoms with E-state index in [2.05, 4.69) is 55.2 Å². The van der Waals surface area contributed by atoms with Gasteiger partial charge in [-0.2, -0.15) is 4.98 Å². The lowest BCUT2D eigenvalue weighted by Crippen LogP contribution is -2.18. The predicted molar refractivity (Wildman–Crippen MR) is 95.3 cm³/mol. The lowest BCUT2D eigenvalue weighted by atomic mass is 10.2. The number of nitrogens with two attached hydrogens (primary N) is 1. The third-order valence-electron chi connectivity index (χ3n) is 3.19. The summed E-state index contributed by atoms with van der Waals surface area (Å²) in [6, 6.07) is 4.31. The summed E-state index contributed by atoms with van der Waals surface area (Å²) >= 11 is 6.88. The Hall–Kier alpha value is -1.18. The van der Waals surface area contributed by atoms with Crippen LogP contribution < -0.4 is 10.6 Å². The second-order valence-electron chi connectivity index (χ2n) is 4.81. The summed E-state index contributed by atoms with van der Waals surface area (Å²) < 4.78 is 1.14. The van der Waals surface area contributed by atoms with Crippen molar-refractivity contribution in [3.05, 3.63) is 31.7 Å². The zero-order chi connectivity index (χ0) is 15.0. The van der Waals surface area contributed by atoms with E-state index < -0.39 is 0 Å². The highest BCUT2D eigenvalue weighted by Crippen LogP contribution is 2.32. The van der Waals surface area contributed by atoms with Crippen LogP contribution in [-0.2, 0) is 13.0 Å². The van der Waals surface area contributed by atoms with Gasteiger partial charge in [0.2, 0.25) is 5.95 Å². The van der Waals surface area contributed by atoms with Gasteiger partial charge in [-0.1, -0.05) is 6.92 Å². The Morgan fingerprint density at radius 2 is 2.14 bits per heavy atom. The van der Waals surface area contributed by atoms with E-state index in [1.54, 1.807) is 22.7 Å². The van der Waals surface area contributed by atoms with E-state index in [-0.39, 0.29) is 0 Å². The van der Waals surface area contributed by atoms with Crippen molar-refractivity contribution in [3.8, 4) is 0 Å². The van der Waals surface area contributed by atoms with Crippen molar-refractivity contribution in [3.63, 3.8) is 0 Å². The highest BCUT2D eigenvalue weighted by atomic mass is 79.9. The van der Waals surface area contributed by atoms with Crippen LogP contribution in [0.3, 0.4) is 0 Å². The number of hydrogen-bond donors (Lipinski definition) is 1. The first-order valence-corrected chi connectivity index (χ1v) is 9.05. The summed E-state index contributed by atoms with van der Waals surface area (Å²) in [5.74, 6) is 1.23. The molecule has 0 unspecified atom stereocenters. The summed E-state index contributed by atoms with van der Waals surface area (Å²) in [4.78, 5) is 13.2. The molecule has 3 aromatic rings. The number of aryl methyl sites for hydroxylation is 1. The average molecular weight is 383 g/mol. The van der Waals surface area contributed by atoms with Crippen LogP contribution in [0.4, 0.5) is 11.8 Å². The first kappa shape index (κ1) is 14.7. The van der Waals surface area contributed by atoms with E-state index in [1.807, 2.05) is 7.05 Å². The van der Waals surface area contributed by atoms with Crippen molar-refractivity contribution >= 4 is 60.6 Å². The van der Waals surface area contributed by atoms with E-state index in [4.69, 9.17) is 5.73 Å². The number of anilines is 2. The number of nitrogen functional groups attached to an aromatic ring is 1. The van der Waals surface area contributed by atoms with Crippen molar-refractivity contribution in [1.82, 2.24) is 9.97 Å². The molecule has 21 heavy (non-hydrogen) atoms. The molecule has 0 atom stereocenters. The zero-order valence-corrected chi connectivity index (χ0v) is 15.0. The van der Waals surface area contributed by atoms with Gasteiger partial charge in [-0.3, -0.25) is 0 Å². The molecule has 4 nitrogen and oxygen atoms in total.